The Labute approximate surface area is 109 Å². The molecular weight excluding hydrogens is 232 g/mol. The number of carbonyl (C=O) groups is 2. The van der Waals surface area contributed by atoms with Crippen molar-refractivity contribution < 1.29 is 14.3 Å². The van der Waals surface area contributed by atoms with Crippen LogP contribution < -0.4 is 0 Å². The third-order valence-electron chi connectivity index (χ3n) is 3.04. The maximum Gasteiger partial charge on any atom is 0.248 e. The lowest BCUT2D eigenvalue weighted by Crippen LogP contribution is -2.39. The molecule has 0 bridgehead atoms. The fraction of sp³-hybridized carbons (Fsp3) is 0.846. The Morgan fingerprint density at radius 2 is 1.61 bits per heavy atom. The molecule has 0 spiro atoms. The van der Waals surface area contributed by atoms with Crippen molar-refractivity contribution in [2.24, 2.45) is 0 Å². The zero-order valence-corrected chi connectivity index (χ0v) is 11.6. The highest BCUT2D eigenvalue weighted by Gasteiger charge is 2.21. The van der Waals surface area contributed by atoms with Crippen LogP contribution >= 0.6 is 0 Å². The standard InChI is InChI=1S/C13H24N2O3/c1-4-12(16)14-6-5-7-15(9-8-14)13(17)10-18-11(2)3/h11H,4-10H2,1-3H3. The van der Waals surface area contributed by atoms with Crippen molar-refractivity contribution in [2.45, 2.75) is 39.7 Å². The van der Waals surface area contributed by atoms with E-state index in [2.05, 4.69) is 0 Å². The van der Waals surface area contributed by atoms with Gasteiger partial charge in [-0.25, -0.2) is 0 Å². The molecule has 0 N–H and O–H groups in total. The largest absolute Gasteiger partial charge is 0.369 e. The molecule has 1 saturated heterocycles. The van der Waals surface area contributed by atoms with E-state index in [4.69, 9.17) is 4.74 Å². The van der Waals surface area contributed by atoms with E-state index >= 15 is 0 Å². The molecule has 0 unspecified atom stereocenters. The molecule has 18 heavy (non-hydrogen) atoms. The van der Waals surface area contributed by atoms with Crippen molar-refractivity contribution in [1.82, 2.24) is 9.80 Å². The quantitative estimate of drug-likeness (QED) is 0.750. The second-order valence-electron chi connectivity index (χ2n) is 4.83. The van der Waals surface area contributed by atoms with E-state index in [1.165, 1.54) is 0 Å². The molecule has 0 aromatic carbocycles. The molecule has 0 saturated carbocycles. The maximum absolute atomic E-state index is 11.9. The van der Waals surface area contributed by atoms with Gasteiger partial charge in [0.25, 0.3) is 0 Å². The summed E-state index contributed by atoms with van der Waals surface area (Å²) in [7, 11) is 0. The Balaban J connectivity index is 2.41. The molecule has 1 aliphatic heterocycles. The molecule has 0 aromatic heterocycles. The second kappa shape index (κ2) is 7.36. The third-order valence-corrected chi connectivity index (χ3v) is 3.04. The maximum atomic E-state index is 11.9. The fourth-order valence-corrected chi connectivity index (χ4v) is 1.97. The van der Waals surface area contributed by atoms with Gasteiger partial charge in [0.2, 0.25) is 11.8 Å². The van der Waals surface area contributed by atoms with Crippen LogP contribution in [-0.4, -0.2) is 60.5 Å². The second-order valence-corrected chi connectivity index (χ2v) is 4.83. The molecule has 2 amide bonds. The van der Waals surface area contributed by atoms with Gasteiger partial charge in [0.15, 0.2) is 0 Å². The van der Waals surface area contributed by atoms with Crippen LogP contribution in [0.1, 0.15) is 33.6 Å². The lowest BCUT2D eigenvalue weighted by atomic mass is 10.3. The summed E-state index contributed by atoms with van der Waals surface area (Å²) in [6.07, 6.45) is 1.45. The van der Waals surface area contributed by atoms with Crippen molar-refractivity contribution in [3.63, 3.8) is 0 Å². The number of carbonyl (C=O) groups excluding carboxylic acids is 2. The Hall–Kier alpha value is -1.10. The number of rotatable bonds is 4. The van der Waals surface area contributed by atoms with Crippen LogP contribution in [0.15, 0.2) is 0 Å². The van der Waals surface area contributed by atoms with Crippen molar-refractivity contribution in [3.05, 3.63) is 0 Å². The van der Waals surface area contributed by atoms with Gasteiger partial charge < -0.3 is 14.5 Å². The average Bonchev–Trinajstić information content (AvgIpc) is 2.60. The summed E-state index contributed by atoms with van der Waals surface area (Å²) in [6.45, 7) is 8.56. The van der Waals surface area contributed by atoms with E-state index in [1.54, 1.807) is 4.90 Å². The van der Waals surface area contributed by atoms with Gasteiger partial charge in [0.1, 0.15) is 6.61 Å². The Morgan fingerprint density at radius 1 is 1.06 bits per heavy atom. The van der Waals surface area contributed by atoms with Gasteiger partial charge >= 0.3 is 0 Å². The molecule has 0 atom stereocenters. The predicted molar refractivity (Wildman–Crippen MR) is 69.2 cm³/mol. The van der Waals surface area contributed by atoms with Crippen molar-refractivity contribution in [1.29, 1.82) is 0 Å². The van der Waals surface area contributed by atoms with Crippen molar-refractivity contribution in [2.75, 3.05) is 32.8 Å². The van der Waals surface area contributed by atoms with Gasteiger partial charge in [-0.1, -0.05) is 6.92 Å². The zero-order chi connectivity index (χ0) is 13.5. The summed E-state index contributed by atoms with van der Waals surface area (Å²) in [6, 6.07) is 0. The van der Waals surface area contributed by atoms with E-state index in [0.29, 0.717) is 26.1 Å². The van der Waals surface area contributed by atoms with E-state index in [0.717, 1.165) is 13.0 Å². The molecule has 1 fully saturated rings. The topological polar surface area (TPSA) is 49.9 Å². The highest BCUT2D eigenvalue weighted by Crippen LogP contribution is 2.05. The van der Waals surface area contributed by atoms with Gasteiger partial charge in [-0.2, -0.15) is 0 Å². The smallest absolute Gasteiger partial charge is 0.248 e. The van der Waals surface area contributed by atoms with Gasteiger partial charge in [-0.3, -0.25) is 9.59 Å². The minimum Gasteiger partial charge on any atom is -0.369 e. The number of nitrogens with zero attached hydrogens (tertiary/aromatic N) is 2. The van der Waals surface area contributed by atoms with Gasteiger partial charge in [0, 0.05) is 32.6 Å². The molecule has 1 heterocycles. The fourth-order valence-electron chi connectivity index (χ4n) is 1.97. The summed E-state index contributed by atoms with van der Waals surface area (Å²) in [5.74, 6) is 0.192. The van der Waals surface area contributed by atoms with Crippen molar-refractivity contribution in [3.8, 4) is 0 Å². The Kier molecular flexibility index (Phi) is 6.12. The van der Waals surface area contributed by atoms with E-state index in [9.17, 15) is 9.59 Å². The number of hydrogen-bond donors (Lipinski definition) is 0. The molecule has 5 heteroatoms. The van der Waals surface area contributed by atoms with Crippen LogP contribution in [0.2, 0.25) is 0 Å². The third kappa shape index (κ3) is 4.64. The number of amides is 2. The first-order valence-corrected chi connectivity index (χ1v) is 6.71. The lowest BCUT2D eigenvalue weighted by Gasteiger charge is -2.22. The SMILES string of the molecule is CCC(=O)N1CCCN(C(=O)COC(C)C)CC1. The molecule has 0 radical (unpaired) electrons. The minimum atomic E-state index is 0.0227. The van der Waals surface area contributed by atoms with Crippen LogP contribution in [0.25, 0.3) is 0 Å². The average molecular weight is 256 g/mol. The highest BCUT2D eigenvalue weighted by molar-refractivity contribution is 5.78. The molecule has 0 aliphatic carbocycles. The van der Waals surface area contributed by atoms with Crippen LogP contribution in [0.5, 0.6) is 0 Å². The van der Waals surface area contributed by atoms with Gasteiger partial charge in [0.05, 0.1) is 6.10 Å². The first-order valence-electron chi connectivity index (χ1n) is 6.71. The first-order chi connectivity index (χ1) is 8.54. The van der Waals surface area contributed by atoms with Crippen LogP contribution in [0.4, 0.5) is 0 Å². The summed E-state index contributed by atoms with van der Waals surface area (Å²) in [4.78, 5) is 27.1. The molecule has 104 valence electrons. The Morgan fingerprint density at radius 3 is 2.11 bits per heavy atom. The number of hydrogen-bond acceptors (Lipinski definition) is 3. The monoisotopic (exact) mass is 256 g/mol. The van der Waals surface area contributed by atoms with Gasteiger partial charge in [-0.15, -0.1) is 0 Å². The highest BCUT2D eigenvalue weighted by atomic mass is 16.5. The molecule has 1 rings (SSSR count). The summed E-state index contributed by atoms with van der Waals surface area (Å²) < 4.78 is 5.32. The molecular formula is C13H24N2O3. The molecule has 5 nitrogen and oxygen atoms in total. The van der Waals surface area contributed by atoms with E-state index in [-0.39, 0.29) is 24.5 Å². The first kappa shape index (κ1) is 15.0. The lowest BCUT2D eigenvalue weighted by molar-refractivity contribution is -0.138. The van der Waals surface area contributed by atoms with Crippen molar-refractivity contribution >= 4 is 11.8 Å². The van der Waals surface area contributed by atoms with Gasteiger partial charge in [-0.05, 0) is 20.3 Å². The van der Waals surface area contributed by atoms with Crippen LogP contribution in [-0.2, 0) is 14.3 Å². The van der Waals surface area contributed by atoms with Crippen LogP contribution in [0, 0.1) is 0 Å². The summed E-state index contributed by atoms with van der Waals surface area (Å²) in [5.41, 5.74) is 0. The van der Waals surface area contributed by atoms with E-state index < -0.39 is 0 Å². The minimum absolute atomic E-state index is 0.0227. The predicted octanol–water partition coefficient (Wildman–Crippen LogP) is 0.882. The summed E-state index contributed by atoms with van der Waals surface area (Å²) >= 11 is 0. The van der Waals surface area contributed by atoms with Crippen LogP contribution in [0.3, 0.4) is 0 Å². The summed E-state index contributed by atoms with van der Waals surface area (Å²) in [5, 5.41) is 0. The Bertz CT molecular complexity index is 292. The van der Waals surface area contributed by atoms with E-state index in [1.807, 2.05) is 25.7 Å². The molecule has 1 aliphatic rings. The molecule has 0 aromatic rings. The zero-order valence-electron chi connectivity index (χ0n) is 11.6. The normalized spacial score (nSPS) is 16.9. The number of ether oxygens (including phenoxy) is 1.